The quantitative estimate of drug-likeness (QED) is 0.174. The molecule has 54 heavy (non-hydrogen) atoms. The summed E-state index contributed by atoms with van der Waals surface area (Å²) in [4.78, 5) is 2.53. The maximum absolute atomic E-state index is 2.53. The van der Waals surface area contributed by atoms with Crippen molar-refractivity contribution in [3.8, 4) is 44.5 Å². The van der Waals surface area contributed by atoms with Crippen LogP contribution < -0.4 is 4.90 Å². The summed E-state index contributed by atoms with van der Waals surface area (Å²) in [6.07, 6.45) is 0. The van der Waals surface area contributed by atoms with Crippen LogP contribution in [0.5, 0.6) is 0 Å². The molecule has 9 aromatic carbocycles. The molecule has 2 aliphatic carbocycles. The van der Waals surface area contributed by atoms with Gasteiger partial charge in [-0.2, -0.15) is 0 Å². The van der Waals surface area contributed by atoms with Crippen LogP contribution in [0.3, 0.4) is 0 Å². The molecule has 0 unspecified atom stereocenters. The molecule has 1 spiro atoms. The Bertz CT molecular complexity index is 2830. The second-order valence-corrected chi connectivity index (χ2v) is 14.3. The van der Waals surface area contributed by atoms with Gasteiger partial charge in [0.25, 0.3) is 0 Å². The van der Waals surface area contributed by atoms with Gasteiger partial charge >= 0.3 is 0 Å². The van der Waals surface area contributed by atoms with Crippen LogP contribution in [-0.4, -0.2) is 0 Å². The molecule has 0 aromatic heterocycles. The molecule has 0 saturated heterocycles. The van der Waals surface area contributed by atoms with E-state index in [1.54, 1.807) is 0 Å². The van der Waals surface area contributed by atoms with Gasteiger partial charge in [0.05, 0.1) is 16.8 Å². The fraction of sp³-hybridized carbons (Fsp3) is 0.0189. The van der Waals surface area contributed by atoms with Crippen LogP contribution in [0.1, 0.15) is 22.3 Å². The van der Waals surface area contributed by atoms with Crippen LogP contribution in [0.2, 0.25) is 0 Å². The summed E-state index contributed by atoms with van der Waals surface area (Å²) in [6.45, 7) is 0. The molecular formula is C53H35N. The Morgan fingerprint density at radius 1 is 0.315 bits per heavy atom. The van der Waals surface area contributed by atoms with Crippen molar-refractivity contribution in [3.63, 3.8) is 0 Å². The summed E-state index contributed by atoms with van der Waals surface area (Å²) in [7, 11) is 0. The van der Waals surface area contributed by atoms with E-state index >= 15 is 0 Å². The third-order valence-corrected chi connectivity index (χ3v) is 11.6. The maximum Gasteiger partial charge on any atom is 0.0731 e. The molecule has 252 valence electrons. The molecule has 0 aliphatic heterocycles. The predicted octanol–water partition coefficient (Wildman–Crippen LogP) is 14.0. The Balaban J connectivity index is 1.37. The minimum Gasteiger partial charge on any atom is -0.309 e. The summed E-state index contributed by atoms with van der Waals surface area (Å²) in [5.41, 5.74) is 18.4. The lowest BCUT2D eigenvalue weighted by Crippen LogP contribution is -2.26. The van der Waals surface area contributed by atoms with E-state index in [0.717, 1.165) is 11.4 Å². The second-order valence-electron chi connectivity index (χ2n) is 14.3. The smallest absolute Gasteiger partial charge is 0.0731 e. The molecule has 0 fully saturated rings. The summed E-state index contributed by atoms with van der Waals surface area (Å²) >= 11 is 0. The Morgan fingerprint density at radius 3 is 1.39 bits per heavy atom. The highest BCUT2D eigenvalue weighted by Gasteiger charge is 2.53. The Kier molecular flexibility index (Phi) is 6.84. The largest absolute Gasteiger partial charge is 0.309 e. The van der Waals surface area contributed by atoms with Crippen LogP contribution in [-0.2, 0) is 5.41 Å². The Morgan fingerprint density at radius 2 is 0.759 bits per heavy atom. The number of para-hydroxylation sites is 2. The molecule has 0 atom stereocenters. The van der Waals surface area contributed by atoms with Crippen LogP contribution >= 0.6 is 0 Å². The zero-order valence-electron chi connectivity index (χ0n) is 29.7. The highest BCUT2D eigenvalue weighted by atomic mass is 15.1. The zero-order valence-corrected chi connectivity index (χ0v) is 29.7. The highest BCUT2D eigenvalue weighted by molar-refractivity contribution is 6.18. The van der Waals surface area contributed by atoms with Gasteiger partial charge in [0.1, 0.15) is 0 Å². The molecule has 0 bridgehead atoms. The van der Waals surface area contributed by atoms with Crippen molar-refractivity contribution in [2.75, 3.05) is 4.90 Å². The fourth-order valence-electron chi connectivity index (χ4n) is 9.65. The number of benzene rings is 9. The molecule has 0 heterocycles. The Hall–Kier alpha value is -6.96. The van der Waals surface area contributed by atoms with Crippen molar-refractivity contribution >= 4 is 27.8 Å². The monoisotopic (exact) mass is 685 g/mol. The second kappa shape index (κ2) is 12.0. The first kappa shape index (κ1) is 30.6. The minimum atomic E-state index is -0.486. The normalized spacial score (nSPS) is 13.0. The van der Waals surface area contributed by atoms with Gasteiger partial charge in [-0.3, -0.25) is 0 Å². The minimum absolute atomic E-state index is 0.486. The number of rotatable bonds is 5. The maximum atomic E-state index is 2.53. The van der Waals surface area contributed by atoms with Gasteiger partial charge in [-0.25, -0.2) is 0 Å². The van der Waals surface area contributed by atoms with Crippen LogP contribution in [0, 0.1) is 0 Å². The molecule has 0 saturated carbocycles. The number of fused-ring (bicyclic) bond motifs is 12. The number of nitrogens with zero attached hydrogens (tertiary/aromatic N) is 1. The lowest BCUT2D eigenvalue weighted by atomic mass is 9.69. The van der Waals surface area contributed by atoms with Gasteiger partial charge in [-0.05, 0) is 79.2 Å². The van der Waals surface area contributed by atoms with Crippen molar-refractivity contribution in [2.24, 2.45) is 0 Å². The van der Waals surface area contributed by atoms with Crippen LogP contribution in [0.4, 0.5) is 17.1 Å². The van der Waals surface area contributed by atoms with Crippen molar-refractivity contribution < 1.29 is 0 Å². The van der Waals surface area contributed by atoms with Crippen molar-refractivity contribution in [1.29, 1.82) is 0 Å². The zero-order chi connectivity index (χ0) is 35.6. The highest BCUT2D eigenvalue weighted by Crippen LogP contribution is 2.67. The molecule has 1 nitrogen and oxygen atoms in total. The molecule has 2 aliphatic rings. The molecule has 0 radical (unpaired) electrons. The van der Waals surface area contributed by atoms with E-state index in [1.807, 2.05) is 0 Å². The lowest BCUT2D eigenvalue weighted by Gasteiger charge is -2.35. The van der Waals surface area contributed by atoms with E-state index in [0.29, 0.717) is 0 Å². The Labute approximate surface area is 316 Å². The molecule has 0 N–H and O–H groups in total. The van der Waals surface area contributed by atoms with E-state index in [-0.39, 0.29) is 0 Å². The van der Waals surface area contributed by atoms with Crippen molar-refractivity contribution in [2.45, 2.75) is 5.41 Å². The predicted molar refractivity (Wildman–Crippen MR) is 226 cm³/mol. The summed E-state index contributed by atoms with van der Waals surface area (Å²) in [5, 5.41) is 2.49. The van der Waals surface area contributed by atoms with Crippen molar-refractivity contribution in [1.82, 2.24) is 0 Å². The third kappa shape index (κ3) is 4.21. The van der Waals surface area contributed by atoms with Crippen molar-refractivity contribution in [3.05, 3.63) is 235 Å². The third-order valence-electron chi connectivity index (χ3n) is 11.6. The van der Waals surface area contributed by atoms with Gasteiger partial charge in [0.2, 0.25) is 0 Å². The van der Waals surface area contributed by atoms with Gasteiger partial charge in [0, 0.05) is 22.2 Å². The first-order valence-electron chi connectivity index (χ1n) is 18.8. The fourth-order valence-corrected chi connectivity index (χ4v) is 9.65. The number of anilines is 3. The SMILES string of the molecule is c1ccc(-c2ccccc2N(c2ccccc2)c2c(-c3ccccc3)c3c(c4ccccc24)C2(c4ccccc4-c4ccccc42)c2ccccc2-3)cc1. The topological polar surface area (TPSA) is 3.24 Å². The van der Waals surface area contributed by atoms with Crippen LogP contribution in [0.25, 0.3) is 55.3 Å². The molecule has 9 aromatic rings. The summed E-state index contributed by atoms with van der Waals surface area (Å²) in [6, 6.07) is 78.2. The van der Waals surface area contributed by atoms with Gasteiger partial charge < -0.3 is 4.90 Å². The van der Waals surface area contributed by atoms with E-state index in [9.17, 15) is 0 Å². The van der Waals surface area contributed by atoms with E-state index < -0.39 is 5.41 Å². The first-order chi connectivity index (χ1) is 26.9. The molecular weight excluding hydrogens is 651 g/mol. The summed E-state index contributed by atoms with van der Waals surface area (Å²) < 4.78 is 0. The van der Waals surface area contributed by atoms with E-state index in [4.69, 9.17) is 0 Å². The van der Waals surface area contributed by atoms with E-state index in [1.165, 1.54) is 83.2 Å². The molecule has 1 heteroatoms. The lowest BCUT2D eigenvalue weighted by molar-refractivity contribution is 0.801. The van der Waals surface area contributed by atoms with Gasteiger partial charge in [-0.1, -0.05) is 194 Å². The number of hydrogen-bond acceptors (Lipinski definition) is 1. The average Bonchev–Trinajstić information content (AvgIpc) is 3.73. The molecule has 0 amide bonds. The average molecular weight is 686 g/mol. The first-order valence-corrected chi connectivity index (χ1v) is 18.8. The standard InChI is InChI=1S/C53H35N/c1-4-20-36(21-5-1)39-26-15-19-35-48(39)54(38-24-8-3-9-25-38)52-43-30-11-10-29-42(43)51-50(49(52)37-22-6-2-7-23-37)44-31-14-18-34-47(44)53(51)45-32-16-12-27-40(45)41-28-13-17-33-46(41)53/h1-35H. The van der Waals surface area contributed by atoms with Gasteiger partial charge in [-0.15, -0.1) is 0 Å². The molecule has 11 rings (SSSR count). The van der Waals surface area contributed by atoms with Gasteiger partial charge in [0.15, 0.2) is 0 Å². The summed E-state index contributed by atoms with van der Waals surface area (Å²) in [5.74, 6) is 0. The number of hydrogen-bond donors (Lipinski definition) is 0. The van der Waals surface area contributed by atoms with E-state index in [2.05, 4.69) is 217 Å². The van der Waals surface area contributed by atoms with Crippen LogP contribution in [0.15, 0.2) is 212 Å².